The number of carbonyl (C=O) groups is 3. The number of carbonyl (C=O) groups excluding carboxylic acids is 3. The molecule has 1 aromatic rings. The lowest BCUT2D eigenvalue weighted by Crippen LogP contribution is -2.52. The van der Waals surface area contributed by atoms with Crippen molar-refractivity contribution in [2.24, 2.45) is 22.2 Å². The number of nitrogens with one attached hydrogen (secondary N) is 2. The van der Waals surface area contributed by atoms with Crippen LogP contribution in [0.1, 0.15) is 25.3 Å². The average molecular weight is 376 g/mol. The number of guanidine groups is 1. The summed E-state index contributed by atoms with van der Waals surface area (Å²) in [7, 11) is 0. The van der Waals surface area contributed by atoms with E-state index in [4.69, 9.17) is 17.2 Å². The number of rotatable bonds is 11. The minimum Gasteiger partial charge on any atom is -0.370 e. The number of hydrogen-bond donors (Lipinski definition) is 5. The van der Waals surface area contributed by atoms with Gasteiger partial charge in [-0.2, -0.15) is 0 Å². The van der Waals surface area contributed by atoms with Crippen LogP contribution in [-0.4, -0.2) is 48.7 Å². The Morgan fingerprint density at radius 3 is 2.41 bits per heavy atom. The molecule has 27 heavy (non-hydrogen) atoms. The largest absolute Gasteiger partial charge is 0.370 e. The molecule has 0 spiro atoms. The Hall–Kier alpha value is -2.94. The van der Waals surface area contributed by atoms with E-state index in [-0.39, 0.29) is 5.96 Å². The molecule has 0 aliphatic carbocycles. The minimum absolute atomic E-state index is 0.0233. The molecule has 0 aliphatic rings. The topological polar surface area (TPSA) is 166 Å². The molecule has 9 nitrogen and oxygen atoms in total. The van der Waals surface area contributed by atoms with E-state index in [1.807, 2.05) is 30.3 Å². The summed E-state index contributed by atoms with van der Waals surface area (Å²) in [6.45, 7) is 1.90. The lowest BCUT2D eigenvalue weighted by molar-refractivity contribution is -0.130. The second-order valence-corrected chi connectivity index (χ2v) is 6.23. The maximum atomic E-state index is 12.2. The normalized spacial score (nSPS) is 13.7. The van der Waals surface area contributed by atoms with Crippen LogP contribution in [0.2, 0.25) is 0 Å². The van der Waals surface area contributed by atoms with Crippen molar-refractivity contribution in [1.29, 1.82) is 0 Å². The summed E-state index contributed by atoms with van der Waals surface area (Å²) >= 11 is 0. The molecule has 0 heterocycles. The molecule has 148 valence electrons. The van der Waals surface area contributed by atoms with E-state index in [0.717, 1.165) is 5.56 Å². The van der Waals surface area contributed by atoms with Crippen molar-refractivity contribution in [2.45, 2.75) is 44.3 Å². The Morgan fingerprint density at radius 1 is 1.15 bits per heavy atom. The Labute approximate surface area is 158 Å². The van der Waals surface area contributed by atoms with Crippen molar-refractivity contribution >= 4 is 24.1 Å². The molecule has 3 atom stereocenters. The summed E-state index contributed by atoms with van der Waals surface area (Å²) in [5.41, 5.74) is 17.3. The number of aldehydes is 1. The number of nitrogens with zero attached hydrogens (tertiary/aromatic N) is 1. The molecule has 0 fully saturated rings. The third-order valence-electron chi connectivity index (χ3n) is 3.85. The zero-order chi connectivity index (χ0) is 20.2. The summed E-state index contributed by atoms with van der Waals surface area (Å²) in [5, 5.41) is 5.14. The highest BCUT2D eigenvalue weighted by Gasteiger charge is 2.22. The summed E-state index contributed by atoms with van der Waals surface area (Å²) in [4.78, 5) is 39.3. The fourth-order valence-electron chi connectivity index (χ4n) is 2.35. The molecule has 0 bridgehead atoms. The van der Waals surface area contributed by atoms with Crippen molar-refractivity contribution in [1.82, 2.24) is 10.6 Å². The molecule has 0 aromatic heterocycles. The first-order valence-electron chi connectivity index (χ1n) is 8.74. The van der Waals surface area contributed by atoms with Crippen LogP contribution >= 0.6 is 0 Å². The van der Waals surface area contributed by atoms with Crippen LogP contribution in [0.15, 0.2) is 35.3 Å². The van der Waals surface area contributed by atoms with Gasteiger partial charge in [0.15, 0.2) is 5.96 Å². The van der Waals surface area contributed by atoms with E-state index in [0.29, 0.717) is 32.1 Å². The van der Waals surface area contributed by atoms with Gasteiger partial charge in [0.25, 0.3) is 0 Å². The summed E-state index contributed by atoms with van der Waals surface area (Å²) < 4.78 is 0. The fraction of sp³-hybridized carbons (Fsp3) is 0.444. The van der Waals surface area contributed by atoms with Gasteiger partial charge in [0.05, 0.1) is 12.1 Å². The molecule has 2 amide bonds. The first-order valence-corrected chi connectivity index (χ1v) is 8.74. The Balaban J connectivity index is 2.43. The van der Waals surface area contributed by atoms with Crippen LogP contribution in [0.25, 0.3) is 0 Å². The van der Waals surface area contributed by atoms with Gasteiger partial charge in [-0.05, 0) is 31.7 Å². The summed E-state index contributed by atoms with van der Waals surface area (Å²) in [6.07, 6.45) is 1.93. The highest BCUT2D eigenvalue weighted by atomic mass is 16.2. The van der Waals surface area contributed by atoms with Crippen LogP contribution in [0.3, 0.4) is 0 Å². The lowest BCUT2D eigenvalue weighted by Gasteiger charge is -2.19. The smallest absolute Gasteiger partial charge is 0.242 e. The molecule has 1 rings (SSSR count). The second kappa shape index (κ2) is 11.6. The van der Waals surface area contributed by atoms with E-state index >= 15 is 0 Å². The van der Waals surface area contributed by atoms with E-state index in [1.165, 1.54) is 6.92 Å². The maximum Gasteiger partial charge on any atom is 0.242 e. The van der Waals surface area contributed by atoms with Crippen molar-refractivity contribution in [3.8, 4) is 0 Å². The van der Waals surface area contributed by atoms with Gasteiger partial charge in [0, 0.05) is 6.54 Å². The van der Waals surface area contributed by atoms with Crippen molar-refractivity contribution in [2.75, 3.05) is 6.54 Å². The highest BCUT2D eigenvalue weighted by Crippen LogP contribution is 2.02. The van der Waals surface area contributed by atoms with Gasteiger partial charge in [-0.15, -0.1) is 0 Å². The molecule has 0 saturated heterocycles. The third kappa shape index (κ3) is 8.82. The maximum absolute atomic E-state index is 12.2. The first kappa shape index (κ1) is 22.1. The SMILES string of the molecule is C[C@H](NC(=O)[C@H](N)Cc1ccccc1)C(=O)N[C@H](C=O)CCCN=C(N)N. The van der Waals surface area contributed by atoms with E-state index in [1.54, 1.807) is 0 Å². The monoisotopic (exact) mass is 376 g/mol. The van der Waals surface area contributed by atoms with Gasteiger partial charge >= 0.3 is 0 Å². The van der Waals surface area contributed by atoms with Crippen molar-refractivity contribution in [3.63, 3.8) is 0 Å². The number of nitrogens with two attached hydrogens (primary N) is 3. The Bertz CT molecular complexity index is 646. The van der Waals surface area contributed by atoms with Crippen molar-refractivity contribution in [3.05, 3.63) is 35.9 Å². The van der Waals surface area contributed by atoms with Crippen LogP contribution in [0, 0.1) is 0 Å². The predicted octanol–water partition coefficient (Wildman–Crippen LogP) is -1.20. The molecule has 0 saturated carbocycles. The van der Waals surface area contributed by atoms with E-state index < -0.39 is 29.9 Å². The Kier molecular flexibility index (Phi) is 9.52. The van der Waals surface area contributed by atoms with Crippen LogP contribution in [0.5, 0.6) is 0 Å². The molecule has 8 N–H and O–H groups in total. The quantitative estimate of drug-likeness (QED) is 0.141. The van der Waals surface area contributed by atoms with Crippen LogP contribution < -0.4 is 27.8 Å². The minimum atomic E-state index is -0.820. The molecular weight excluding hydrogens is 348 g/mol. The van der Waals surface area contributed by atoms with Gasteiger partial charge in [-0.3, -0.25) is 14.6 Å². The summed E-state index contributed by atoms with van der Waals surface area (Å²) in [6, 6.07) is 7.08. The van der Waals surface area contributed by atoms with Gasteiger partial charge < -0.3 is 32.6 Å². The number of hydrogen-bond acceptors (Lipinski definition) is 5. The third-order valence-corrected chi connectivity index (χ3v) is 3.85. The zero-order valence-electron chi connectivity index (χ0n) is 15.4. The van der Waals surface area contributed by atoms with Gasteiger partial charge in [-0.25, -0.2) is 0 Å². The molecule has 0 radical (unpaired) electrons. The lowest BCUT2D eigenvalue weighted by atomic mass is 10.1. The van der Waals surface area contributed by atoms with Crippen molar-refractivity contribution < 1.29 is 14.4 Å². The fourth-order valence-corrected chi connectivity index (χ4v) is 2.35. The predicted molar refractivity (Wildman–Crippen MR) is 104 cm³/mol. The van der Waals surface area contributed by atoms with E-state index in [9.17, 15) is 14.4 Å². The Morgan fingerprint density at radius 2 is 1.81 bits per heavy atom. The number of aliphatic imine (C=N–C) groups is 1. The zero-order valence-corrected chi connectivity index (χ0v) is 15.4. The average Bonchev–Trinajstić information content (AvgIpc) is 2.64. The molecule has 0 aliphatic heterocycles. The van der Waals surface area contributed by atoms with Gasteiger partial charge in [0.1, 0.15) is 12.3 Å². The second-order valence-electron chi connectivity index (χ2n) is 6.23. The van der Waals surface area contributed by atoms with E-state index in [2.05, 4.69) is 15.6 Å². The van der Waals surface area contributed by atoms with Gasteiger partial charge in [-0.1, -0.05) is 30.3 Å². The van der Waals surface area contributed by atoms with Gasteiger partial charge in [0.2, 0.25) is 11.8 Å². The standard InChI is InChI=1S/C18H28N6O3/c1-12(16(26)24-14(11-25)8-5-9-22-18(20)21)23-17(27)15(19)10-13-6-3-2-4-7-13/h2-4,6-7,11-12,14-15H,5,8-10,19H2,1H3,(H,23,27)(H,24,26)(H4,20,21,22)/t12-,14-,15+/m0/s1. The molecular formula is C18H28N6O3. The number of amides is 2. The van der Waals surface area contributed by atoms with Crippen LogP contribution in [-0.2, 0) is 20.8 Å². The number of benzene rings is 1. The molecule has 0 unspecified atom stereocenters. The molecule has 9 heteroatoms. The molecule has 1 aromatic carbocycles. The van der Waals surface area contributed by atoms with Crippen LogP contribution in [0.4, 0.5) is 0 Å². The highest BCUT2D eigenvalue weighted by molar-refractivity contribution is 5.90. The first-order chi connectivity index (χ1) is 12.8. The summed E-state index contributed by atoms with van der Waals surface area (Å²) in [5.74, 6) is -0.920.